The Bertz CT molecular complexity index is 589. The molecule has 0 radical (unpaired) electrons. The monoisotopic (exact) mass is 268 g/mol. The van der Waals surface area contributed by atoms with Gasteiger partial charge in [0.15, 0.2) is 0 Å². The van der Waals surface area contributed by atoms with E-state index < -0.39 is 0 Å². The van der Waals surface area contributed by atoms with Crippen molar-refractivity contribution in [2.24, 2.45) is 5.73 Å². The number of fused-ring (bicyclic) bond motifs is 1. The van der Waals surface area contributed by atoms with E-state index in [2.05, 4.69) is 35.2 Å². The fourth-order valence-electron chi connectivity index (χ4n) is 3.44. The molecule has 2 unspecified atom stereocenters. The molecule has 2 aromatic rings. The third-order valence-corrected chi connectivity index (χ3v) is 4.57. The number of rotatable bonds is 4. The molecule has 1 aromatic heterocycles. The Kier molecular flexibility index (Phi) is 2.90. The molecule has 1 aromatic carbocycles. The van der Waals surface area contributed by atoms with E-state index in [9.17, 15) is 0 Å². The van der Waals surface area contributed by atoms with Crippen molar-refractivity contribution in [3.8, 4) is 0 Å². The maximum absolute atomic E-state index is 6.32. The summed E-state index contributed by atoms with van der Waals surface area (Å²) in [6.07, 6.45) is 5.38. The lowest BCUT2D eigenvalue weighted by Crippen LogP contribution is -2.29. The van der Waals surface area contributed by atoms with Gasteiger partial charge in [-0.3, -0.25) is 4.90 Å². The minimum absolute atomic E-state index is 0.175. The lowest BCUT2D eigenvalue weighted by atomic mass is 10.1. The van der Waals surface area contributed by atoms with Crippen molar-refractivity contribution >= 4 is 0 Å². The molecular formula is C17H20N2O. The normalized spacial score (nSPS) is 25.1. The first kappa shape index (κ1) is 12.2. The predicted octanol–water partition coefficient (Wildman–Crippen LogP) is 3.39. The van der Waals surface area contributed by atoms with Crippen LogP contribution in [0.2, 0.25) is 0 Å². The number of nitrogens with zero attached hydrogens (tertiary/aromatic N) is 1. The van der Waals surface area contributed by atoms with Crippen LogP contribution >= 0.6 is 0 Å². The van der Waals surface area contributed by atoms with Crippen molar-refractivity contribution in [2.75, 3.05) is 0 Å². The van der Waals surface area contributed by atoms with Crippen molar-refractivity contribution in [1.29, 1.82) is 0 Å². The Balaban J connectivity index is 1.64. The maximum atomic E-state index is 6.32. The lowest BCUT2D eigenvalue weighted by Gasteiger charge is -2.29. The Morgan fingerprint density at radius 1 is 1.10 bits per heavy atom. The van der Waals surface area contributed by atoms with E-state index in [1.165, 1.54) is 24.0 Å². The molecule has 1 fully saturated rings. The fraction of sp³-hybridized carbons (Fsp3) is 0.412. The summed E-state index contributed by atoms with van der Waals surface area (Å²) in [7, 11) is 0. The Morgan fingerprint density at radius 2 is 1.90 bits per heavy atom. The van der Waals surface area contributed by atoms with Crippen LogP contribution in [0.5, 0.6) is 0 Å². The van der Waals surface area contributed by atoms with Gasteiger partial charge in [-0.2, -0.15) is 0 Å². The molecule has 3 heteroatoms. The molecule has 1 heterocycles. The number of benzene rings is 1. The van der Waals surface area contributed by atoms with Crippen molar-refractivity contribution in [2.45, 2.75) is 43.9 Å². The van der Waals surface area contributed by atoms with E-state index in [1.54, 1.807) is 6.26 Å². The van der Waals surface area contributed by atoms with Gasteiger partial charge < -0.3 is 10.2 Å². The number of nitrogens with two attached hydrogens (primary N) is 1. The molecule has 0 amide bonds. The molecule has 0 bridgehead atoms. The Labute approximate surface area is 119 Å². The van der Waals surface area contributed by atoms with Crippen LogP contribution in [0.3, 0.4) is 0 Å². The van der Waals surface area contributed by atoms with Crippen LogP contribution in [0, 0.1) is 0 Å². The summed E-state index contributed by atoms with van der Waals surface area (Å²) >= 11 is 0. The first-order valence-electron chi connectivity index (χ1n) is 7.45. The van der Waals surface area contributed by atoms with Crippen LogP contribution in [0.4, 0.5) is 0 Å². The molecule has 1 saturated carbocycles. The highest BCUT2D eigenvalue weighted by Gasteiger charge is 2.39. The van der Waals surface area contributed by atoms with Gasteiger partial charge in [0.2, 0.25) is 0 Å². The van der Waals surface area contributed by atoms with Crippen molar-refractivity contribution < 1.29 is 4.42 Å². The van der Waals surface area contributed by atoms with Gasteiger partial charge in [0.05, 0.1) is 12.8 Å². The summed E-state index contributed by atoms with van der Waals surface area (Å²) < 4.78 is 5.54. The minimum Gasteiger partial charge on any atom is -0.468 e. The molecule has 2 aliphatic rings. The minimum atomic E-state index is 0.175. The average molecular weight is 268 g/mol. The van der Waals surface area contributed by atoms with Gasteiger partial charge in [-0.25, -0.2) is 0 Å². The molecule has 2 N–H and O–H groups in total. The van der Waals surface area contributed by atoms with Gasteiger partial charge in [0, 0.05) is 18.1 Å². The van der Waals surface area contributed by atoms with Gasteiger partial charge in [-0.15, -0.1) is 0 Å². The smallest absolute Gasteiger partial charge is 0.117 e. The van der Waals surface area contributed by atoms with E-state index in [4.69, 9.17) is 10.2 Å². The lowest BCUT2D eigenvalue weighted by molar-refractivity contribution is 0.159. The molecule has 20 heavy (non-hydrogen) atoms. The molecule has 4 rings (SSSR count). The first-order valence-corrected chi connectivity index (χ1v) is 7.45. The molecule has 0 spiro atoms. The third kappa shape index (κ3) is 2.07. The highest BCUT2D eigenvalue weighted by atomic mass is 16.3. The average Bonchev–Trinajstić information content (AvgIpc) is 3.08. The highest BCUT2D eigenvalue weighted by Crippen LogP contribution is 2.45. The molecule has 2 atom stereocenters. The van der Waals surface area contributed by atoms with Crippen LogP contribution < -0.4 is 5.73 Å². The van der Waals surface area contributed by atoms with Crippen LogP contribution in [0.25, 0.3) is 0 Å². The highest BCUT2D eigenvalue weighted by molar-refractivity contribution is 5.37. The van der Waals surface area contributed by atoms with Crippen LogP contribution in [0.15, 0.2) is 47.1 Å². The molecular weight excluding hydrogens is 248 g/mol. The molecule has 2 aliphatic carbocycles. The number of hydrogen-bond donors (Lipinski definition) is 1. The predicted molar refractivity (Wildman–Crippen MR) is 78.0 cm³/mol. The summed E-state index contributed by atoms with van der Waals surface area (Å²) in [5.74, 6) is 1.05. The number of furan rings is 1. The molecule has 3 nitrogen and oxygen atoms in total. The third-order valence-electron chi connectivity index (χ3n) is 4.57. The second-order valence-electron chi connectivity index (χ2n) is 5.97. The SMILES string of the molecule is NC1CC(N(Cc2ccco2)C2CC2)c2ccccc21. The molecule has 0 saturated heterocycles. The van der Waals surface area contributed by atoms with Crippen LogP contribution in [-0.2, 0) is 6.54 Å². The molecule has 104 valence electrons. The zero-order valence-electron chi connectivity index (χ0n) is 11.5. The molecule has 0 aliphatic heterocycles. The summed E-state index contributed by atoms with van der Waals surface area (Å²) in [6.45, 7) is 0.892. The topological polar surface area (TPSA) is 42.4 Å². The van der Waals surface area contributed by atoms with Crippen molar-refractivity contribution in [3.05, 3.63) is 59.5 Å². The second-order valence-corrected chi connectivity index (χ2v) is 5.97. The van der Waals surface area contributed by atoms with E-state index >= 15 is 0 Å². The van der Waals surface area contributed by atoms with Gasteiger partial charge >= 0.3 is 0 Å². The first-order chi connectivity index (χ1) is 9.83. The van der Waals surface area contributed by atoms with Crippen molar-refractivity contribution in [3.63, 3.8) is 0 Å². The summed E-state index contributed by atoms with van der Waals surface area (Å²) in [5, 5.41) is 0. The maximum Gasteiger partial charge on any atom is 0.117 e. The zero-order valence-corrected chi connectivity index (χ0v) is 11.5. The van der Waals surface area contributed by atoms with E-state index in [0.29, 0.717) is 12.1 Å². The van der Waals surface area contributed by atoms with Crippen molar-refractivity contribution in [1.82, 2.24) is 4.90 Å². The van der Waals surface area contributed by atoms with Gasteiger partial charge in [-0.1, -0.05) is 24.3 Å². The Morgan fingerprint density at radius 3 is 2.60 bits per heavy atom. The van der Waals surface area contributed by atoms with E-state index in [-0.39, 0.29) is 6.04 Å². The largest absolute Gasteiger partial charge is 0.468 e. The number of hydrogen-bond acceptors (Lipinski definition) is 3. The fourth-order valence-corrected chi connectivity index (χ4v) is 3.44. The van der Waals surface area contributed by atoms with Gasteiger partial charge in [-0.05, 0) is 42.5 Å². The summed E-state index contributed by atoms with van der Waals surface area (Å²) in [5.41, 5.74) is 9.06. The van der Waals surface area contributed by atoms with E-state index in [1.807, 2.05) is 6.07 Å². The van der Waals surface area contributed by atoms with Crippen LogP contribution in [0.1, 0.15) is 48.2 Å². The van der Waals surface area contributed by atoms with Crippen LogP contribution in [-0.4, -0.2) is 10.9 Å². The Hall–Kier alpha value is -1.58. The standard InChI is InChI=1S/C17H20N2O/c18-16-10-17(15-6-2-1-5-14(15)16)19(12-7-8-12)11-13-4-3-9-20-13/h1-6,9,12,16-17H,7-8,10-11,18H2. The summed E-state index contributed by atoms with van der Waals surface area (Å²) in [6, 6.07) is 14.0. The second kappa shape index (κ2) is 4.76. The zero-order chi connectivity index (χ0) is 13.5. The van der Waals surface area contributed by atoms with E-state index in [0.717, 1.165) is 18.7 Å². The van der Waals surface area contributed by atoms with Gasteiger partial charge in [0.1, 0.15) is 5.76 Å². The quantitative estimate of drug-likeness (QED) is 0.924. The van der Waals surface area contributed by atoms with Gasteiger partial charge in [0.25, 0.3) is 0 Å². The summed E-state index contributed by atoms with van der Waals surface area (Å²) in [4.78, 5) is 2.59.